The molecule has 0 saturated heterocycles. The summed E-state index contributed by atoms with van der Waals surface area (Å²) in [7, 11) is 1.80. The lowest BCUT2D eigenvalue weighted by molar-refractivity contribution is 0.467. The van der Waals surface area contributed by atoms with E-state index in [0.29, 0.717) is 11.7 Å². The number of ether oxygens (including phenoxy) is 1. The third-order valence-corrected chi connectivity index (χ3v) is 2.72. The van der Waals surface area contributed by atoms with Gasteiger partial charge in [-0.15, -0.1) is 0 Å². The highest BCUT2D eigenvalue weighted by atomic mass is 16.5. The van der Waals surface area contributed by atoms with Crippen molar-refractivity contribution in [2.45, 2.75) is 0 Å². The van der Waals surface area contributed by atoms with Crippen molar-refractivity contribution < 1.29 is 4.74 Å². The van der Waals surface area contributed by atoms with E-state index in [1.54, 1.807) is 19.3 Å². The Bertz CT molecular complexity index is 709. The van der Waals surface area contributed by atoms with Crippen molar-refractivity contribution in [3.8, 4) is 11.6 Å². The summed E-state index contributed by atoms with van der Waals surface area (Å²) in [6.45, 7) is 0. The average molecular weight is 252 g/mol. The Balaban J connectivity index is 2.01. The van der Waals surface area contributed by atoms with Gasteiger partial charge in [-0.25, -0.2) is 9.97 Å². The van der Waals surface area contributed by atoms with E-state index in [4.69, 9.17) is 4.74 Å². The molecule has 3 aromatic rings. The van der Waals surface area contributed by atoms with E-state index in [1.165, 1.54) is 6.33 Å². The fraction of sp³-hybridized carbons (Fsp3) is 0.0714. The van der Waals surface area contributed by atoms with E-state index in [9.17, 15) is 0 Å². The zero-order valence-electron chi connectivity index (χ0n) is 10.4. The van der Waals surface area contributed by atoms with Crippen molar-refractivity contribution in [2.24, 2.45) is 0 Å². The Morgan fingerprint density at radius 1 is 1.05 bits per heavy atom. The minimum absolute atomic E-state index is 0.496. The number of anilines is 1. The van der Waals surface area contributed by atoms with Crippen LogP contribution in [0.4, 0.5) is 5.82 Å². The summed E-state index contributed by atoms with van der Waals surface area (Å²) in [5, 5.41) is 3.90. The predicted molar refractivity (Wildman–Crippen MR) is 73.4 cm³/mol. The largest absolute Gasteiger partial charge is 0.438 e. The molecule has 19 heavy (non-hydrogen) atoms. The molecule has 0 fully saturated rings. The number of fused-ring (bicyclic) bond motifs is 1. The lowest BCUT2D eigenvalue weighted by atomic mass is 10.2. The van der Waals surface area contributed by atoms with Gasteiger partial charge in [-0.05, 0) is 24.3 Å². The fourth-order valence-electron chi connectivity index (χ4n) is 1.81. The standard InChI is InChI=1S/C14H12N4O/c1-15-13-8-14(18-9-17-13)19-12-6-2-5-11-10(12)4-3-7-16-11/h2-9H,1H3,(H,15,17,18). The van der Waals surface area contributed by atoms with Crippen molar-refractivity contribution in [1.29, 1.82) is 0 Å². The van der Waals surface area contributed by atoms with Crippen LogP contribution >= 0.6 is 0 Å². The third-order valence-electron chi connectivity index (χ3n) is 2.72. The number of pyridine rings is 1. The lowest BCUT2D eigenvalue weighted by Crippen LogP contribution is -1.95. The van der Waals surface area contributed by atoms with Gasteiger partial charge in [0, 0.05) is 24.7 Å². The molecule has 0 saturated carbocycles. The molecule has 0 aliphatic carbocycles. The smallest absolute Gasteiger partial charge is 0.224 e. The van der Waals surface area contributed by atoms with Crippen LogP contribution in [0.3, 0.4) is 0 Å². The molecular formula is C14H12N4O. The highest BCUT2D eigenvalue weighted by Gasteiger charge is 2.05. The Hall–Kier alpha value is -2.69. The quantitative estimate of drug-likeness (QED) is 0.776. The minimum atomic E-state index is 0.496. The molecular weight excluding hydrogens is 240 g/mol. The van der Waals surface area contributed by atoms with Crippen LogP contribution in [0.15, 0.2) is 48.9 Å². The van der Waals surface area contributed by atoms with Crippen LogP contribution in [0.1, 0.15) is 0 Å². The molecule has 0 aliphatic rings. The van der Waals surface area contributed by atoms with Gasteiger partial charge in [-0.2, -0.15) is 0 Å². The second-order valence-electron chi connectivity index (χ2n) is 3.92. The van der Waals surface area contributed by atoms with E-state index < -0.39 is 0 Å². The summed E-state index contributed by atoms with van der Waals surface area (Å²) in [6.07, 6.45) is 3.22. The predicted octanol–water partition coefficient (Wildman–Crippen LogP) is 2.86. The lowest BCUT2D eigenvalue weighted by Gasteiger charge is -2.08. The van der Waals surface area contributed by atoms with Crippen LogP contribution in [0.2, 0.25) is 0 Å². The zero-order chi connectivity index (χ0) is 13.1. The number of nitrogens with zero attached hydrogens (tertiary/aromatic N) is 3. The first-order valence-corrected chi connectivity index (χ1v) is 5.88. The zero-order valence-corrected chi connectivity index (χ0v) is 10.4. The normalized spacial score (nSPS) is 10.4. The first kappa shape index (κ1) is 11.4. The molecule has 0 bridgehead atoms. The van der Waals surface area contributed by atoms with Gasteiger partial charge in [-0.1, -0.05) is 6.07 Å². The van der Waals surface area contributed by atoms with Crippen LogP contribution in [0, 0.1) is 0 Å². The molecule has 3 rings (SSSR count). The van der Waals surface area contributed by atoms with E-state index in [2.05, 4.69) is 20.3 Å². The van der Waals surface area contributed by atoms with Crippen LogP contribution in [-0.4, -0.2) is 22.0 Å². The molecule has 2 aromatic heterocycles. The molecule has 0 radical (unpaired) electrons. The number of rotatable bonds is 3. The van der Waals surface area contributed by atoms with Crippen LogP contribution in [0.25, 0.3) is 10.9 Å². The Morgan fingerprint density at radius 3 is 2.89 bits per heavy atom. The van der Waals surface area contributed by atoms with Crippen molar-refractivity contribution in [3.05, 3.63) is 48.9 Å². The first-order valence-electron chi connectivity index (χ1n) is 5.88. The van der Waals surface area contributed by atoms with E-state index >= 15 is 0 Å². The summed E-state index contributed by atoms with van der Waals surface area (Å²) >= 11 is 0. The molecule has 0 spiro atoms. The maximum Gasteiger partial charge on any atom is 0.224 e. The summed E-state index contributed by atoms with van der Waals surface area (Å²) in [5.41, 5.74) is 0.892. The Labute approximate surface area is 110 Å². The van der Waals surface area contributed by atoms with Gasteiger partial charge < -0.3 is 10.1 Å². The third kappa shape index (κ3) is 2.30. The molecule has 0 unspecified atom stereocenters. The van der Waals surface area contributed by atoms with Gasteiger partial charge in [0.2, 0.25) is 5.88 Å². The molecule has 5 nitrogen and oxygen atoms in total. The van der Waals surface area contributed by atoms with Gasteiger partial charge in [0.05, 0.1) is 5.52 Å². The van der Waals surface area contributed by atoms with Gasteiger partial charge in [0.1, 0.15) is 17.9 Å². The molecule has 5 heteroatoms. The van der Waals surface area contributed by atoms with Gasteiger partial charge >= 0.3 is 0 Å². The second kappa shape index (κ2) is 4.89. The Morgan fingerprint density at radius 2 is 2.00 bits per heavy atom. The van der Waals surface area contributed by atoms with Crippen molar-refractivity contribution in [1.82, 2.24) is 15.0 Å². The number of nitrogens with one attached hydrogen (secondary N) is 1. The summed E-state index contributed by atoms with van der Waals surface area (Å²) < 4.78 is 5.80. The number of aromatic nitrogens is 3. The molecule has 1 N–H and O–H groups in total. The summed E-state index contributed by atoms with van der Waals surface area (Å²) in [5.74, 6) is 1.94. The van der Waals surface area contributed by atoms with Crippen molar-refractivity contribution >= 4 is 16.7 Å². The van der Waals surface area contributed by atoms with Gasteiger partial charge in [-0.3, -0.25) is 4.98 Å². The first-order chi connectivity index (χ1) is 9.36. The van der Waals surface area contributed by atoms with Crippen molar-refractivity contribution in [2.75, 3.05) is 12.4 Å². The number of hydrogen-bond acceptors (Lipinski definition) is 5. The fourth-order valence-corrected chi connectivity index (χ4v) is 1.81. The Kier molecular flexibility index (Phi) is 2.94. The second-order valence-corrected chi connectivity index (χ2v) is 3.92. The SMILES string of the molecule is CNc1cc(Oc2cccc3ncccc23)ncn1. The van der Waals surface area contributed by atoms with E-state index in [1.807, 2.05) is 30.3 Å². The molecule has 2 heterocycles. The maximum atomic E-state index is 5.80. The van der Waals surface area contributed by atoms with Crippen LogP contribution < -0.4 is 10.1 Å². The topological polar surface area (TPSA) is 59.9 Å². The van der Waals surface area contributed by atoms with Crippen LogP contribution in [-0.2, 0) is 0 Å². The molecule has 0 amide bonds. The number of benzene rings is 1. The van der Waals surface area contributed by atoms with Crippen LogP contribution in [0.5, 0.6) is 11.6 Å². The highest BCUT2D eigenvalue weighted by Crippen LogP contribution is 2.28. The monoisotopic (exact) mass is 252 g/mol. The molecule has 0 atom stereocenters. The molecule has 0 aliphatic heterocycles. The van der Waals surface area contributed by atoms with E-state index in [-0.39, 0.29) is 0 Å². The average Bonchev–Trinajstić information content (AvgIpc) is 2.48. The highest BCUT2D eigenvalue weighted by molar-refractivity contribution is 5.85. The van der Waals surface area contributed by atoms with E-state index in [0.717, 1.165) is 16.7 Å². The molecule has 1 aromatic carbocycles. The van der Waals surface area contributed by atoms with Crippen molar-refractivity contribution in [3.63, 3.8) is 0 Å². The summed E-state index contributed by atoms with van der Waals surface area (Å²) in [6, 6.07) is 11.3. The summed E-state index contributed by atoms with van der Waals surface area (Å²) in [4.78, 5) is 12.4. The molecule has 94 valence electrons. The maximum absolute atomic E-state index is 5.80. The minimum Gasteiger partial charge on any atom is -0.438 e. The number of hydrogen-bond donors (Lipinski definition) is 1. The van der Waals surface area contributed by atoms with Gasteiger partial charge in [0.25, 0.3) is 0 Å². The van der Waals surface area contributed by atoms with Gasteiger partial charge in [0.15, 0.2) is 0 Å².